The molecule has 1 rings (SSSR count). The summed E-state index contributed by atoms with van der Waals surface area (Å²) in [5, 5.41) is 0. The van der Waals surface area contributed by atoms with Gasteiger partial charge in [0, 0.05) is 13.5 Å². The fraction of sp³-hybridized carbons (Fsp3) is 1.00. The van der Waals surface area contributed by atoms with Crippen molar-refractivity contribution in [2.45, 2.75) is 42.8 Å². The van der Waals surface area contributed by atoms with Crippen molar-refractivity contribution in [1.82, 2.24) is 0 Å². The predicted molar refractivity (Wildman–Crippen MR) is 41.2 cm³/mol. The highest BCUT2D eigenvalue weighted by Gasteiger charge is 2.82. The third-order valence-corrected chi connectivity index (χ3v) is 2.44. The summed E-state index contributed by atoms with van der Waals surface area (Å²) in [6, 6.07) is 0. The van der Waals surface area contributed by atoms with Gasteiger partial charge in [-0.25, -0.2) is 0 Å². The summed E-state index contributed by atoms with van der Waals surface area (Å²) in [4.78, 5) is 0. The van der Waals surface area contributed by atoms with Gasteiger partial charge in [-0.2, -0.15) is 39.5 Å². The Hall–Kier alpha value is -0.710. The van der Waals surface area contributed by atoms with Crippen LogP contribution >= 0.6 is 0 Å². The summed E-state index contributed by atoms with van der Waals surface area (Å²) in [6.07, 6.45) is -11.8. The third-order valence-electron chi connectivity index (χ3n) is 2.44. The van der Waals surface area contributed by atoms with E-state index >= 15 is 0 Å². The monoisotopic (exact) mass is 306 g/mol. The van der Waals surface area contributed by atoms with Crippen LogP contribution in [0.2, 0.25) is 0 Å². The Morgan fingerprint density at radius 1 is 0.895 bits per heavy atom. The van der Waals surface area contributed by atoms with Crippen LogP contribution in [0.25, 0.3) is 0 Å². The van der Waals surface area contributed by atoms with Crippen LogP contribution in [-0.4, -0.2) is 43.4 Å². The number of rotatable bonds is 5. The minimum atomic E-state index is -6.86. The summed E-state index contributed by atoms with van der Waals surface area (Å²) < 4.78 is 120. The SMILES string of the molecule is COC1OC1CC(F)(F)C(F)(F)C(F)(F)C(F)(F)F. The Morgan fingerprint density at radius 2 is 1.37 bits per heavy atom. The van der Waals surface area contributed by atoms with Gasteiger partial charge in [-0.3, -0.25) is 0 Å². The van der Waals surface area contributed by atoms with Gasteiger partial charge in [0.1, 0.15) is 6.10 Å². The van der Waals surface area contributed by atoms with Crippen molar-refractivity contribution >= 4 is 0 Å². The molecule has 1 aliphatic heterocycles. The lowest BCUT2D eigenvalue weighted by Gasteiger charge is -2.33. The average Bonchev–Trinajstić information content (AvgIpc) is 2.93. The molecular weight excluding hydrogens is 299 g/mol. The Labute approximate surface area is 100 Å². The Balaban J connectivity index is 2.91. The molecule has 0 aliphatic carbocycles. The number of epoxide rings is 1. The van der Waals surface area contributed by atoms with Crippen molar-refractivity contribution in [1.29, 1.82) is 0 Å². The molecule has 11 heteroatoms. The fourth-order valence-electron chi connectivity index (χ4n) is 1.27. The Bertz CT molecular complexity index is 338. The maximum absolute atomic E-state index is 13.0. The van der Waals surface area contributed by atoms with Crippen LogP contribution in [0, 0.1) is 0 Å². The predicted octanol–water partition coefficient (Wildman–Crippen LogP) is 3.22. The molecule has 0 amide bonds. The first-order valence-electron chi connectivity index (χ1n) is 4.66. The maximum atomic E-state index is 13.0. The van der Waals surface area contributed by atoms with E-state index in [1.54, 1.807) is 0 Å². The molecule has 0 radical (unpaired) electrons. The molecule has 1 fully saturated rings. The van der Waals surface area contributed by atoms with Crippen molar-refractivity contribution in [3.8, 4) is 0 Å². The number of ether oxygens (including phenoxy) is 2. The van der Waals surface area contributed by atoms with Gasteiger partial charge < -0.3 is 9.47 Å². The lowest BCUT2D eigenvalue weighted by Crippen LogP contribution is -2.61. The Kier molecular flexibility index (Phi) is 3.79. The van der Waals surface area contributed by atoms with E-state index in [4.69, 9.17) is 0 Å². The highest BCUT2D eigenvalue weighted by molar-refractivity contribution is 5.02. The number of methoxy groups -OCH3 is 1. The first kappa shape index (κ1) is 16.3. The van der Waals surface area contributed by atoms with Gasteiger partial charge in [0.15, 0.2) is 6.29 Å². The normalized spacial score (nSPS) is 25.6. The van der Waals surface area contributed by atoms with Crippen LogP contribution in [0.15, 0.2) is 0 Å². The zero-order valence-electron chi connectivity index (χ0n) is 9.08. The lowest BCUT2D eigenvalue weighted by atomic mass is 9.99. The topological polar surface area (TPSA) is 21.8 Å². The standard InChI is InChI=1S/C8H7F9O2/c1-18-4-3(19-4)2-5(9,10)6(11,12)7(13,14)8(15,16)17/h3-4H,2H2,1H3. The number of hydrogen-bond donors (Lipinski definition) is 0. The van der Waals surface area contributed by atoms with Crippen LogP contribution in [0.5, 0.6) is 0 Å². The van der Waals surface area contributed by atoms with E-state index in [2.05, 4.69) is 9.47 Å². The van der Waals surface area contributed by atoms with Gasteiger partial charge in [0.05, 0.1) is 0 Å². The van der Waals surface area contributed by atoms with Gasteiger partial charge in [-0.05, 0) is 0 Å². The van der Waals surface area contributed by atoms with E-state index in [0.29, 0.717) is 0 Å². The van der Waals surface area contributed by atoms with E-state index in [9.17, 15) is 39.5 Å². The van der Waals surface area contributed by atoms with E-state index in [0.717, 1.165) is 7.11 Å². The highest BCUT2D eigenvalue weighted by Crippen LogP contribution is 2.55. The summed E-state index contributed by atoms with van der Waals surface area (Å²) in [5.41, 5.74) is 0. The van der Waals surface area contributed by atoms with Crippen molar-refractivity contribution < 1.29 is 49.0 Å². The van der Waals surface area contributed by atoms with Gasteiger partial charge in [-0.1, -0.05) is 0 Å². The highest BCUT2D eigenvalue weighted by atomic mass is 19.4. The molecule has 1 saturated heterocycles. The van der Waals surface area contributed by atoms with Crippen molar-refractivity contribution in [3.05, 3.63) is 0 Å². The first-order chi connectivity index (χ1) is 8.28. The zero-order chi connectivity index (χ0) is 15.3. The van der Waals surface area contributed by atoms with E-state index in [1.807, 2.05) is 0 Å². The van der Waals surface area contributed by atoms with Crippen LogP contribution in [0.1, 0.15) is 6.42 Å². The molecule has 2 nitrogen and oxygen atoms in total. The molecule has 0 aromatic rings. The molecule has 1 aliphatic rings. The first-order valence-corrected chi connectivity index (χ1v) is 4.66. The molecule has 1 heterocycles. The van der Waals surface area contributed by atoms with Crippen LogP contribution < -0.4 is 0 Å². The second-order valence-electron chi connectivity index (χ2n) is 3.83. The molecule has 19 heavy (non-hydrogen) atoms. The fourth-order valence-corrected chi connectivity index (χ4v) is 1.27. The molecule has 0 bridgehead atoms. The third kappa shape index (κ3) is 2.62. The molecular formula is C8H7F9O2. The smallest absolute Gasteiger partial charge is 0.353 e. The van der Waals surface area contributed by atoms with Gasteiger partial charge >= 0.3 is 23.9 Å². The molecule has 0 aromatic heterocycles. The number of halogens is 9. The lowest BCUT2D eigenvalue weighted by molar-refractivity contribution is -0.397. The number of hydrogen-bond acceptors (Lipinski definition) is 2. The molecule has 2 unspecified atom stereocenters. The number of alkyl halides is 9. The largest absolute Gasteiger partial charge is 0.460 e. The minimum Gasteiger partial charge on any atom is -0.353 e. The molecule has 114 valence electrons. The second kappa shape index (κ2) is 4.40. The molecule has 0 saturated carbocycles. The van der Waals surface area contributed by atoms with E-state index < -0.39 is 42.8 Å². The van der Waals surface area contributed by atoms with Gasteiger partial charge in [-0.15, -0.1) is 0 Å². The van der Waals surface area contributed by atoms with Crippen LogP contribution in [0.4, 0.5) is 39.5 Å². The molecule has 0 spiro atoms. The molecule has 0 N–H and O–H groups in total. The summed E-state index contributed by atoms with van der Waals surface area (Å²) in [6.45, 7) is 0. The second-order valence-corrected chi connectivity index (χ2v) is 3.83. The van der Waals surface area contributed by atoms with E-state index in [-0.39, 0.29) is 0 Å². The molecule has 2 atom stereocenters. The average molecular weight is 306 g/mol. The molecule has 0 aromatic carbocycles. The summed E-state index contributed by atoms with van der Waals surface area (Å²) in [7, 11) is 0.964. The summed E-state index contributed by atoms with van der Waals surface area (Å²) in [5.74, 6) is -19.1. The van der Waals surface area contributed by atoms with Crippen LogP contribution in [0.3, 0.4) is 0 Å². The van der Waals surface area contributed by atoms with Crippen LogP contribution in [-0.2, 0) is 9.47 Å². The van der Waals surface area contributed by atoms with Crippen molar-refractivity contribution in [2.75, 3.05) is 7.11 Å². The zero-order valence-corrected chi connectivity index (χ0v) is 9.08. The quantitative estimate of drug-likeness (QED) is 0.575. The van der Waals surface area contributed by atoms with Crippen molar-refractivity contribution in [2.24, 2.45) is 0 Å². The van der Waals surface area contributed by atoms with Crippen molar-refractivity contribution in [3.63, 3.8) is 0 Å². The van der Waals surface area contributed by atoms with Gasteiger partial charge in [0.2, 0.25) is 0 Å². The van der Waals surface area contributed by atoms with Gasteiger partial charge in [0.25, 0.3) is 0 Å². The minimum absolute atomic E-state index is 0.964. The maximum Gasteiger partial charge on any atom is 0.460 e. The summed E-state index contributed by atoms with van der Waals surface area (Å²) >= 11 is 0. The van der Waals surface area contributed by atoms with E-state index in [1.165, 1.54) is 0 Å². The Morgan fingerprint density at radius 3 is 1.68 bits per heavy atom.